The number of aromatic nitrogens is 3. The highest BCUT2D eigenvalue weighted by Crippen LogP contribution is 2.19. The van der Waals surface area contributed by atoms with E-state index in [-0.39, 0.29) is 4.87 Å². The summed E-state index contributed by atoms with van der Waals surface area (Å²) < 4.78 is 2.43. The van der Waals surface area contributed by atoms with E-state index in [0.717, 1.165) is 10.4 Å². The largest absolute Gasteiger partial charge is 0.347 e. The molecular weight excluding hydrogens is 212 g/mol. The Balaban J connectivity index is 2.85. The Bertz CT molecular complexity index is 569. The number of aryl methyl sites for hydroxylation is 2. The van der Waals surface area contributed by atoms with Gasteiger partial charge in [0, 0.05) is 21.1 Å². The van der Waals surface area contributed by atoms with Crippen LogP contribution in [0.15, 0.2) is 4.79 Å². The Morgan fingerprint density at radius 1 is 1.33 bits per heavy atom. The van der Waals surface area contributed by atoms with Crippen LogP contribution in [0.4, 0.5) is 5.95 Å². The SMILES string of the molecule is Cc1nc(N(C)C)nc2c1sc(=O)n2C. The highest BCUT2D eigenvalue weighted by molar-refractivity contribution is 7.16. The lowest BCUT2D eigenvalue weighted by Gasteiger charge is -2.10. The van der Waals surface area contributed by atoms with Crippen molar-refractivity contribution in [2.45, 2.75) is 6.92 Å². The minimum atomic E-state index is -0.00157. The molecule has 0 atom stereocenters. The summed E-state index contributed by atoms with van der Waals surface area (Å²) in [7, 11) is 5.49. The predicted molar refractivity (Wildman–Crippen MR) is 61.7 cm³/mol. The van der Waals surface area contributed by atoms with E-state index < -0.39 is 0 Å². The van der Waals surface area contributed by atoms with Gasteiger partial charge in [0.15, 0.2) is 5.65 Å². The lowest BCUT2D eigenvalue weighted by atomic mass is 10.4. The zero-order chi connectivity index (χ0) is 11.2. The standard InChI is InChI=1S/C9H12N4OS/c1-5-6-7(13(4)9(14)15-6)11-8(10-5)12(2)3/h1-4H3. The Hall–Kier alpha value is -1.43. The summed E-state index contributed by atoms with van der Waals surface area (Å²) in [5.74, 6) is 0.633. The molecule has 2 heterocycles. The number of fused-ring (bicyclic) bond motifs is 1. The molecular formula is C9H12N4OS. The van der Waals surface area contributed by atoms with Crippen LogP contribution in [0.25, 0.3) is 10.3 Å². The van der Waals surface area contributed by atoms with E-state index in [1.54, 1.807) is 11.6 Å². The van der Waals surface area contributed by atoms with Gasteiger partial charge in [-0.3, -0.25) is 9.36 Å². The third-order valence-electron chi connectivity index (χ3n) is 2.19. The van der Waals surface area contributed by atoms with Crippen LogP contribution < -0.4 is 9.77 Å². The van der Waals surface area contributed by atoms with Crippen molar-refractivity contribution >= 4 is 27.6 Å². The first-order valence-corrected chi connectivity index (χ1v) is 5.34. The van der Waals surface area contributed by atoms with Crippen molar-refractivity contribution in [1.29, 1.82) is 0 Å². The molecule has 0 bridgehead atoms. The average molecular weight is 224 g/mol. The molecule has 2 aromatic rings. The van der Waals surface area contributed by atoms with Crippen molar-refractivity contribution in [2.75, 3.05) is 19.0 Å². The maximum atomic E-state index is 11.5. The van der Waals surface area contributed by atoms with Crippen molar-refractivity contribution in [3.8, 4) is 0 Å². The van der Waals surface area contributed by atoms with Gasteiger partial charge in [0.1, 0.15) is 0 Å². The summed E-state index contributed by atoms with van der Waals surface area (Å²) in [6.45, 7) is 1.90. The van der Waals surface area contributed by atoms with Gasteiger partial charge in [0.05, 0.1) is 10.4 Å². The van der Waals surface area contributed by atoms with Crippen LogP contribution in [0.2, 0.25) is 0 Å². The quantitative estimate of drug-likeness (QED) is 0.717. The minimum absolute atomic E-state index is 0.00157. The molecule has 5 nitrogen and oxygen atoms in total. The molecule has 0 unspecified atom stereocenters. The van der Waals surface area contributed by atoms with Gasteiger partial charge in [-0.1, -0.05) is 11.3 Å². The number of anilines is 1. The Labute approximate surface area is 91.0 Å². The molecule has 0 aliphatic rings. The zero-order valence-electron chi connectivity index (χ0n) is 9.11. The average Bonchev–Trinajstić information content (AvgIpc) is 2.45. The number of thiazole rings is 1. The van der Waals surface area contributed by atoms with Crippen molar-refractivity contribution < 1.29 is 0 Å². The molecule has 0 radical (unpaired) electrons. The van der Waals surface area contributed by atoms with Gasteiger partial charge in [-0.25, -0.2) is 4.98 Å². The summed E-state index contributed by atoms with van der Waals surface area (Å²) >= 11 is 1.19. The molecule has 0 aliphatic carbocycles. The van der Waals surface area contributed by atoms with Gasteiger partial charge in [0.2, 0.25) is 5.95 Å². The van der Waals surface area contributed by atoms with Gasteiger partial charge in [-0.15, -0.1) is 0 Å². The second-order valence-electron chi connectivity index (χ2n) is 3.58. The smallest absolute Gasteiger partial charge is 0.309 e. The second-order valence-corrected chi connectivity index (χ2v) is 4.54. The first-order chi connectivity index (χ1) is 7.00. The Morgan fingerprint density at radius 3 is 2.60 bits per heavy atom. The first kappa shape index (κ1) is 10.1. The highest BCUT2D eigenvalue weighted by atomic mass is 32.1. The molecule has 80 valence electrons. The van der Waals surface area contributed by atoms with Gasteiger partial charge >= 0.3 is 4.87 Å². The van der Waals surface area contributed by atoms with Crippen LogP contribution in [0, 0.1) is 6.92 Å². The summed E-state index contributed by atoms with van der Waals surface area (Å²) in [5, 5.41) is 0. The van der Waals surface area contributed by atoms with E-state index in [0.29, 0.717) is 11.6 Å². The van der Waals surface area contributed by atoms with E-state index in [4.69, 9.17) is 0 Å². The van der Waals surface area contributed by atoms with Gasteiger partial charge < -0.3 is 4.90 Å². The maximum Gasteiger partial charge on any atom is 0.309 e. The lowest BCUT2D eigenvalue weighted by molar-refractivity contribution is 0.902. The van der Waals surface area contributed by atoms with Crippen LogP contribution in [0.3, 0.4) is 0 Å². The fourth-order valence-corrected chi connectivity index (χ4v) is 2.19. The summed E-state index contributed by atoms with van der Waals surface area (Å²) in [4.78, 5) is 22.0. The molecule has 6 heteroatoms. The second kappa shape index (κ2) is 3.30. The van der Waals surface area contributed by atoms with E-state index in [2.05, 4.69) is 9.97 Å². The Morgan fingerprint density at radius 2 is 2.00 bits per heavy atom. The number of hydrogen-bond donors (Lipinski definition) is 0. The fraction of sp³-hybridized carbons (Fsp3) is 0.444. The van der Waals surface area contributed by atoms with Crippen molar-refractivity contribution in [3.63, 3.8) is 0 Å². The Kier molecular flexibility index (Phi) is 2.22. The maximum absolute atomic E-state index is 11.5. The number of nitrogens with zero attached hydrogens (tertiary/aromatic N) is 4. The van der Waals surface area contributed by atoms with E-state index in [9.17, 15) is 4.79 Å². The van der Waals surface area contributed by atoms with E-state index in [1.807, 2.05) is 25.9 Å². The highest BCUT2D eigenvalue weighted by Gasteiger charge is 2.11. The van der Waals surface area contributed by atoms with Crippen molar-refractivity contribution in [3.05, 3.63) is 15.4 Å². The molecule has 0 aliphatic heterocycles. The molecule has 0 saturated carbocycles. The molecule has 2 rings (SSSR count). The van der Waals surface area contributed by atoms with Gasteiger partial charge in [0.25, 0.3) is 0 Å². The van der Waals surface area contributed by atoms with Crippen molar-refractivity contribution in [1.82, 2.24) is 14.5 Å². The molecule has 0 saturated heterocycles. The topological polar surface area (TPSA) is 51.0 Å². The lowest BCUT2D eigenvalue weighted by Crippen LogP contribution is -2.14. The van der Waals surface area contributed by atoms with Crippen LogP contribution in [0.1, 0.15) is 5.69 Å². The molecule has 0 spiro atoms. The third-order valence-corrected chi connectivity index (χ3v) is 3.32. The summed E-state index contributed by atoms with van der Waals surface area (Å²) in [6, 6.07) is 0. The molecule has 0 aromatic carbocycles. The van der Waals surface area contributed by atoms with Crippen LogP contribution in [0.5, 0.6) is 0 Å². The monoisotopic (exact) mass is 224 g/mol. The van der Waals surface area contributed by atoms with Crippen LogP contribution in [-0.2, 0) is 7.05 Å². The van der Waals surface area contributed by atoms with Crippen LogP contribution in [-0.4, -0.2) is 28.6 Å². The van der Waals surface area contributed by atoms with Crippen LogP contribution >= 0.6 is 11.3 Å². The van der Waals surface area contributed by atoms with E-state index >= 15 is 0 Å². The van der Waals surface area contributed by atoms with Crippen molar-refractivity contribution in [2.24, 2.45) is 7.05 Å². The molecule has 15 heavy (non-hydrogen) atoms. The van der Waals surface area contributed by atoms with Gasteiger partial charge in [-0.2, -0.15) is 4.98 Å². The minimum Gasteiger partial charge on any atom is -0.347 e. The predicted octanol–water partition coefficient (Wildman–Crippen LogP) is 0.764. The fourth-order valence-electron chi connectivity index (χ4n) is 1.32. The normalized spacial score (nSPS) is 10.9. The summed E-state index contributed by atoms with van der Waals surface area (Å²) in [6.07, 6.45) is 0. The zero-order valence-corrected chi connectivity index (χ0v) is 9.92. The molecule has 2 aromatic heterocycles. The molecule has 0 amide bonds. The molecule has 0 N–H and O–H groups in total. The third kappa shape index (κ3) is 1.50. The van der Waals surface area contributed by atoms with Gasteiger partial charge in [-0.05, 0) is 6.92 Å². The number of rotatable bonds is 1. The first-order valence-electron chi connectivity index (χ1n) is 4.52. The molecule has 0 fully saturated rings. The van der Waals surface area contributed by atoms with E-state index in [1.165, 1.54) is 11.3 Å². The summed E-state index contributed by atoms with van der Waals surface area (Å²) in [5.41, 5.74) is 1.56. The number of hydrogen-bond acceptors (Lipinski definition) is 5.